The number of imidazole rings is 1. The van der Waals surface area contributed by atoms with Gasteiger partial charge in [-0.15, -0.1) is 18.8 Å². The molecule has 210 valence electrons. The molecule has 6 unspecified atom stereocenters. The third kappa shape index (κ3) is 6.76. The first-order valence-electron chi connectivity index (χ1n) is 11.7. The minimum Gasteiger partial charge on any atom is -0.406 e. The fraction of sp³-hybridized carbons (Fsp3) is 0.700. The monoisotopic (exact) mass is 593 g/mol. The number of hydrogen-bond donors (Lipinski definition) is 4. The predicted octanol–water partition coefficient (Wildman–Crippen LogP) is 2.70. The molecule has 15 nitrogen and oxygen atoms in total. The Morgan fingerprint density at radius 3 is 2.47 bits per heavy atom. The Bertz CT molecular complexity index is 1280. The quantitative estimate of drug-likeness (QED) is 0.232. The lowest BCUT2D eigenvalue weighted by Gasteiger charge is -2.39. The molecule has 0 aromatic carbocycles. The van der Waals surface area contributed by atoms with Crippen LogP contribution in [-0.4, -0.2) is 68.4 Å². The van der Waals surface area contributed by atoms with E-state index in [2.05, 4.69) is 20.3 Å². The standard InChI is InChI=1S/C20H31N5O10P2Si/c1-10(2)16(26)23-19-22-15-12(17(27)24-19)21-9-25(15)18-14(35-38(6,7)20(3,4)5)13(34-37(30)31)11(33-18)8-32-36(28)29/h9-11,13-14,18H,8H2,1-7H3,(H2-2,22,23,24,26,27,28,29,30,31)/p+2. The highest BCUT2D eigenvalue weighted by Gasteiger charge is 2.55. The number of ether oxygens (including phenoxy) is 1. The number of anilines is 1. The summed E-state index contributed by atoms with van der Waals surface area (Å²) in [6, 6.07) is 0. The second-order valence-electron chi connectivity index (χ2n) is 10.6. The van der Waals surface area contributed by atoms with Crippen molar-refractivity contribution >= 4 is 47.8 Å². The van der Waals surface area contributed by atoms with Crippen molar-refractivity contribution in [2.24, 2.45) is 5.92 Å². The number of rotatable bonds is 10. The smallest absolute Gasteiger partial charge is 0.406 e. The Hall–Kier alpha value is -2.00. The van der Waals surface area contributed by atoms with Gasteiger partial charge in [0.05, 0.1) is 6.33 Å². The van der Waals surface area contributed by atoms with Crippen molar-refractivity contribution in [3.05, 3.63) is 16.7 Å². The summed E-state index contributed by atoms with van der Waals surface area (Å²) in [5.74, 6) is -0.852. The van der Waals surface area contributed by atoms with Gasteiger partial charge in [0.15, 0.2) is 31.8 Å². The van der Waals surface area contributed by atoms with E-state index in [4.69, 9.17) is 23.1 Å². The number of fused-ring (bicyclic) bond motifs is 1. The Morgan fingerprint density at radius 2 is 1.92 bits per heavy atom. The summed E-state index contributed by atoms with van der Waals surface area (Å²) in [5.41, 5.74) is -0.620. The summed E-state index contributed by atoms with van der Waals surface area (Å²) < 4.78 is 47.2. The fourth-order valence-electron chi connectivity index (χ4n) is 3.51. The van der Waals surface area contributed by atoms with Gasteiger partial charge in [0.1, 0.15) is 18.8 Å². The van der Waals surface area contributed by atoms with Crippen LogP contribution in [0.25, 0.3) is 11.2 Å². The van der Waals surface area contributed by atoms with Crippen LogP contribution in [0.3, 0.4) is 0 Å². The van der Waals surface area contributed by atoms with Crippen molar-refractivity contribution in [1.82, 2.24) is 19.5 Å². The van der Waals surface area contributed by atoms with Crippen molar-refractivity contribution in [3.8, 4) is 0 Å². The van der Waals surface area contributed by atoms with E-state index in [1.165, 1.54) is 10.9 Å². The van der Waals surface area contributed by atoms with Crippen molar-refractivity contribution in [2.75, 3.05) is 11.9 Å². The molecule has 0 spiro atoms. The minimum atomic E-state index is -3.13. The SMILES string of the molecule is CC(C)C(=O)Nc1nc2c(ncn2C2OC(CO[P+](=O)O)C(O[P+](=O)O)C2O[Si](C)(C)C(C)(C)C)c(=O)[nH]1. The lowest BCUT2D eigenvalue weighted by molar-refractivity contribution is -0.118. The number of nitrogens with zero attached hydrogens (tertiary/aromatic N) is 3. The molecule has 2 aromatic heterocycles. The third-order valence-electron chi connectivity index (χ3n) is 6.56. The van der Waals surface area contributed by atoms with E-state index in [9.17, 15) is 23.6 Å². The highest BCUT2D eigenvalue weighted by Crippen LogP contribution is 2.45. The van der Waals surface area contributed by atoms with Crippen molar-refractivity contribution in [2.45, 2.75) is 77.3 Å². The lowest BCUT2D eigenvalue weighted by Crippen LogP contribution is -2.49. The zero-order valence-electron chi connectivity index (χ0n) is 22.1. The topological polar surface area (TPSA) is 204 Å². The second-order valence-corrected chi connectivity index (χ2v) is 16.8. The van der Waals surface area contributed by atoms with Gasteiger partial charge in [0, 0.05) is 15.0 Å². The van der Waals surface area contributed by atoms with Crippen LogP contribution in [0.4, 0.5) is 5.95 Å². The molecule has 1 aliphatic heterocycles. The zero-order valence-corrected chi connectivity index (χ0v) is 24.9. The van der Waals surface area contributed by atoms with Gasteiger partial charge in [0.2, 0.25) is 11.9 Å². The molecule has 2 aromatic rings. The summed E-state index contributed by atoms with van der Waals surface area (Å²) in [4.78, 5) is 54.6. The van der Waals surface area contributed by atoms with Crippen LogP contribution in [0.2, 0.25) is 18.1 Å². The van der Waals surface area contributed by atoms with Gasteiger partial charge in [-0.1, -0.05) is 34.6 Å². The largest absolute Gasteiger partial charge is 0.695 e. The van der Waals surface area contributed by atoms with Gasteiger partial charge in [-0.3, -0.25) is 24.5 Å². The number of nitrogens with one attached hydrogen (secondary N) is 2. The van der Waals surface area contributed by atoms with Crippen LogP contribution in [0.5, 0.6) is 0 Å². The Morgan fingerprint density at radius 1 is 1.26 bits per heavy atom. The van der Waals surface area contributed by atoms with E-state index in [1.807, 2.05) is 33.9 Å². The molecule has 1 saturated heterocycles. The van der Waals surface area contributed by atoms with Gasteiger partial charge >= 0.3 is 16.5 Å². The summed E-state index contributed by atoms with van der Waals surface area (Å²) in [7, 11) is -8.70. The summed E-state index contributed by atoms with van der Waals surface area (Å²) in [6.45, 7) is 12.8. The van der Waals surface area contributed by atoms with Gasteiger partial charge in [-0.2, -0.15) is 4.98 Å². The Kier molecular flexibility index (Phi) is 9.34. The number of hydrogen-bond acceptors (Lipinski definition) is 10. The van der Waals surface area contributed by atoms with Crippen LogP contribution >= 0.6 is 16.5 Å². The number of aromatic nitrogens is 4. The minimum absolute atomic E-state index is 0.0450. The van der Waals surface area contributed by atoms with Gasteiger partial charge < -0.3 is 9.16 Å². The number of carbonyl (C=O) groups excluding carboxylic acids is 1. The van der Waals surface area contributed by atoms with Gasteiger partial charge in [-0.05, 0) is 18.1 Å². The summed E-state index contributed by atoms with van der Waals surface area (Å²) in [5, 5.41) is 2.25. The molecule has 0 radical (unpaired) electrons. The molecule has 0 aliphatic carbocycles. The molecule has 1 fully saturated rings. The maximum absolute atomic E-state index is 12.7. The molecule has 18 heteroatoms. The zero-order chi connectivity index (χ0) is 28.6. The van der Waals surface area contributed by atoms with E-state index in [0.29, 0.717) is 0 Å². The van der Waals surface area contributed by atoms with E-state index >= 15 is 0 Å². The van der Waals surface area contributed by atoms with Crippen molar-refractivity contribution in [1.29, 1.82) is 0 Å². The number of carbonyl (C=O) groups is 1. The predicted molar refractivity (Wildman–Crippen MR) is 138 cm³/mol. The molecule has 3 heterocycles. The average molecular weight is 594 g/mol. The third-order valence-corrected chi connectivity index (χ3v) is 11.8. The van der Waals surface area contributed by atoms with E-state index in [-0.39, 0.29) is 34.0 Å². The molecular weight excluding hydrogens is 560 g/mol. The maximum Gasteiger partial charge on any atom is 0.695 e. The number of aromatic amines is 1. The normalized spacial score (nSPS) is 23.2. The highest BCUT2D eigenvalue weighted by molar-refractivity contribution is 7.32. The van der Waals surface area contributed by atoms with Crippen molar-refractivity contribution < 1.29 is 41.9 Å². The number of amides is 1. The summed E-state index contributed by atoms with van der Waals surface area (Å²) >= 11 is 0. The first-order valence-corrected chi connectivity index (χ1v) is 16.9. The van der Waals surface area contributed by atoms with Gasteiger partial charge in [0.25, 0.3) is 5.56 Å². The van der Waals surface area contributed by atoms with Crippen LogP contribution in [0.1, 0.15) is 40.8 Å². The van der Waals surface area contributed by atoms with Crippen LogP contribution in [0, 0.1) is 5.92 Å². The molecule has 0 saturated carbocycles. The second kappa shape index (κ2) is 11.6. The molecule has 6 atom stereocenters. The molecule has 1 aliphatic rings. The first-order chi connectivity index (χ1) is 17.5. The molecule has 4 N–H and O–H groups in total. The first kappa shape index (κ1) is 30.5. The number of H-pyrrole nitrogens is 1. The van der Waals surface area contributed by atoms with Gasteiger partial charge in [-0.25, -0.2) is 4.98 Å². The van der Waals surface area contributed by atoms with Crippen LogP contribution in [0.15, 0.2) is 11.1 Å². The lowest BCUT2D eigenvalue weighted by atomic mass is 10.1. The molecular formula is C20H33N5O10P2Si+2. The molecule has 1 amide bonds. The molecule has 3 rings (SSSR count). The molecule has 38 heavy (non-hydrogen) atoms. The fourth-order valence-corrected chi connectivity index (χ4v) is 5.53. The van der Waals surface area contributed by atoms with Crippen LogP contribution < -0.4 is 10.9 Å². The Labute approximate surface area is 221 Å². The highest BCUT2D eigenvalue weighted by atomic mass is 31.1. The van der Waals surface area contributed by atoms with Crippen molar-refractivity contribution in [3.63, 3.8) is 0 Å². The van der Waals surface area contributed by atoms with E-state index in [1.54, 1.807) is 13.8 Å². The van der Waals surface area contributed by atoms with E-state index in [0.717, 1.165) is 0 Å². The Balaban J connectivity index is 2.13. The summed E-state index contributed by atoms with van der Waals surface area (Å²) in [6.07, 6.45) is -3.13. The van der Waals surface area contributed by atoms with Crippen LogP contribution in [-0.2, 0) is 32.1 Å². The average Bonchev–Trinajstić information content (AvgIpc) is 3.33. The molecule has 0 bridgehead atoms. The maximum atomic E-state index is 12.7. The van der Waals surface area contributed by atoms with E-state index < -0.39 is 61.5 Å².